The fourth-order valence-corrected chi connectivity index (χ4v) is 4.98. The Kier molecular flexibility index (Phi) is 6.79. The number of amides is 3. The summed E-state index contributed by atoms with van der Waals surface area (Å²) in [6.07, 6.45) is 2.13. The molecular formula is C28H27IN6O4. The summed E-state index contributed by atoms with van der Waals surface area (Å²) in [5, 5.41) is 7.46. The van der Waals surface area contributed by atoms with Gasteiger partial charge in [-0.3, -0.25) is 9.59 Å². The normalized spacial score (nSPS) is 14.4. The van der Waals surface area contributed by atoms with Crippen molar-refractivity contribution in [2.24, 2.45) is 11.5 Å². The zero-order chi connectivity index (χ0) is 27.9. The van der Waals surface area contributed by atoms with E-state index in [1.165, 1.54) is 10.6 Å². The van der Waals surface area contributed by atoms with Crippen molar-refractivity contribution in [2.45, 2.75) is 42.3 Å². The van der Waals surface area contributed by atoms with Gasteiger partial charge in [0.05, 0.1) is 16.8 Å². The van der Waals surface area contributed by atoms with Crippen LogP contribution in [0.25, 0.3) is 28.2 Å². The first-order valence-corrected chi connectivity index (χ1v) is 13.5. The third-order valence-electron chi connectivity index (χ3n) is 6.74. The second-order valence-electron chi connectivity index (χ2n) is 9.97. The number of fused-ring (bicyclic) bond motifs is 1. The molecule has 5 rings (SSSR count). The zero-order valence-corrected chi connectivity index (χ0v) is 23.6. The Morgan fingerprint density at radius 3 is 2.21 bits per heavy atom. The van der Waals surface area contributed by atoms with Crippen LogP contribution >= 0.6 is 22.6 Å². The Morgan fingerprint density at radius 2 is 1.67 bits per heavy atom. The number of alkyl halides is 1. The Morgan fingerprint density at radius 1 is 1.00 bits per heavy atom. The number of benzene rings is 2. The van der Waals surface area contributed by atoms with E-state index in [1.54, 1.807) is 0 Å². The number of imidazole rings is 1. The number of hydrogen-bond donors (Lipinski definition) is 3. The lowest BCUT2D eigenvalue weighted by Gasteiger charge is -2.43. The molecule has 0 radical (unpaired) electrons. The predicted molar refractivity (Wildman–Crippen MR) is 154 cm³/mol. The first kappa shape index (κ1) is 26.6. The van der Waals surface area contributed by atoms with Crippen LogP contribution in [0.3, 0.4) is 0 Å². The van der Waals surface area contributed by atoms with Crippen LogP contribution in [-0.2, 0) is 10.3 Å². The molecule has 39 heavy (non-hydrogen) atoms. The maximum absolute atomic E-state index is 12.6. The van der Waals surface area contributed by atoms with E-state index in [0.29, 0.717) is 11.4 Å². The number of primary amides is 2. The van der Waals surface area contributed by atoms with Crippen molar-refractivity contribution in [3.8, 4) is 22.5 Å². The number of nitrogens with two attached hydrogens (primary N) is 2. The summed E-state index contributed by atoms with van der Waals surface area (Å²) < 4.78 is 6.30. The van der Waals surface area contributed by atoms with Gasteiger partial charge in [0.2, 0.25) is 0 Å². The molecule has 4 aromatic rings. The lowest BCUT2D eigenvalue weighted by atomic mass is 9.71. The summed E-state index contributed by atoms with van der Waals surface area (Å²) >= 11 is 2.07. The van der Waals surface area contributed by atoms with Crippen molar-refractivity contribution < 1.29 is 19.1 Å². The van der Waals surface area contributed by atoms with E-state index < -0.39 is 27.1 Å². The van der Waals surface area contributed by atoms with Gasteiger partial charge in [-0.25, -0.2) is 14.3 Å². The van der Waals surface area contributed by atoms with Crippen molar-refractivity contribution >= 4 is 46.1 Å². The van der Waals surface area contributed by atoms with Gasteiger partial charge in [0, 0.05) is 11.1 Å². The number of carbonyl (C=O) groups excluding carboxylic acids is 3. The minimum atomic E-state index is -0.791. The second-order valence-corrected chi connectivity index (χ2v) is 12.6. The first-order valence-electron chi connectivity index (χ1n) is 12.4. The molecule has 0 spiro atoms. The van der Waals surface area contributed by atoms with E-state index in [4.69, 9.17) is 21.2 Å². The number of nitrogens with zero attached hydrogens (tertiary/aromatic N) is 3. The highest BCUT2D eigenvalue weighted by molar-refractivity contribution is 14.1. The molecule has 200 valence electrons. The molecule has 0 aliphatic heterocycles. The average molecular weight is 638 g/mol. The number of carbonyl (C=O) groups is 3. The van der Waals surface area contributed by atoms with Crippen molar-refractivity contribution in [2.75, 3.05) is 0 Å². The topological polar surface area (TPSA) is 155 Å². The monoisotopic (exact) mass is 638 g/mol. The van der Waals surface area contributed by atoms with E-state index in [0.717, 1.165) is 36.0 Å². The molecule has 1 aliphatic carbocycles. The quantitative estimate of drug-likeness (QED) is 0.200. The third-order valence-corrected chi connectivity index (χ3v) is 6.96. The minimum Gasteiger partial charge on any atom is -0.433 e. The van der Waals surface area contributed by atoms with Gasteiger partial charge in [0.1, 0.15) is 11.4 Å². The van der Waals surface area contributed by atoms with Crippen molar-refractivity contribution in [3.63, 3.8) is 0 Å². The summed E-state index contributed by atoms with van der Waals surface area (Å²) in [7, 11) is 0. The number of hydrogen-bond acceptors (Lipinski definition) is 6. The van der Waals surface area contributed by atoms with Gasteiger partial charge >= 0.3 is 6.09 Å². The predicted octanol–water partition coefficient (Wildman–Crippen LogP) is 4.54. The molecule has 11 heteroatoms. The SMILES string of the molecule is CC(C)(I)OC(=O)NC1(c2ccc(-c3nc4c(C(N)=O)cc(C(N)=O)nn4c3-c3ccccc3)cc2)CCC1. The third kappa shape index (κ3) is 5.18. The van der Waals surface area contributed by atoms with Gasteiger partial charge in [-0.2, -0.15) is 5.10 Å². The van der Waals surface area contributed by atoms with Crippen LogP contribution in [0.4, 0.5) is 4.79 Å². The number of aromatic nitrogens is 3. The average Bonchev–Trinajstić information content (AvgIpc) is 3.24. The Labute approximate surface area is 238 Å². The summed E-state index contributed by atoms with van der Waals surface area (Å²) in [6, 6.07) is 18.4. The molecule has 0 saturated heterocycles. The number of rotatable bonds is 7. The fraction of sp³-hybridized carbons (Fsp3) is 0.250. The molecule has 0 atom stereocenters. The first-order chi connectivity index (χ1) is 18.5. The number of alkyl carbamates (subject to hydrolysis) is 1. The molecule has 0 bridgehead atoms. The Bertz CT molecular complexity index is 1590. The lowest BCUT2D eigenvalue weighted by Crippen LogP contribution is -2.51. The lowest BCUT2D eigenvalue weighted by molar-refractivity contribution is 0.0818. The second kappa shape index (κ2) is 9.95. The zero-order valence-electron chi connectivity index (χ0n) is 21.4. The summed E-state index contributed by atoms with van der Waals surface area (Å²) in [5.41, 5.74) is 14.4. The van der Waals surface area contributed by atoms with E-state index in [2.05, 4.69) is 33.0 Å². The van der Waals surface area contributed by atoms with Crippen LogP contribution < -0.4 is 16.8 Å². The van der Waals surface area contributed by atoms with Gasteiger partial charge in [-0.1, -0.05) is 54.6 Å². The van der Waals surface area contributed by atoms with Crippen LogP contribution in [0.2, 0.25) is 0 Å². The molecule has 5 N–H and O–H groups in total. The molecule has 2 aromatic heterocycles. The highest BCUT2D eigenvalue weighted by Gasteiger charge is 2.41. The van der Waals surface area contributed by atoms with Crippen LogP contribution in [0.15, 0.2) is 60.7 Å². The van der Waals surface area contributed by atoms with Gasteiger partial charge in [-0.05, 0) is 67.3 Å². The molecule has 2 aromatic carbocycles. The Balaban J connectivity index is 1.61. The van der Waals surface area contributed by atoms with E-state index >= 15 is 0 Å². The fourth-order valence-electron chi connectivity index (χ4n) is 4.78. The van der Waals surface area contributed by atoms with Crippen LogP contribution in [-0.4, -0.2) is 36.1 Å². The standard InChI is InChI=1S/C28H27IN6O4/c1-27(2,29)39-26(38)33-28(13-6-14-28)18-11-9-16(10-12-18)21-22(17-7-4-3-5-8-17)35-25(32-21)19(23(30)36)15-20(34-35)24(31)37/h3-5,7-12,15H,6,13-14H2,1-2H3,(H2,30,36)(H2,31,37)(H,33,38). The van der Waals surface area contributed by atoms with Crippen LogP contribution in [0.5, 0.6) is 0 Å². The molecule has 2 heterocycles. The molecular weight excluding hydrogens is 611 g/mol. The van der Waals surface area contributed by atoms with Gasteiger partial charge in [-0.15, -0.1) is 0 Å². The van der Waals surface area contributed by atoms with Gasteiger partial charge < -0.3 is 21.5 Å². The maximum Gasteiger partial charge on any atom is 0.409 e. The van der Waals surface area contributed by atoms with E-state index in [9.17, 15) is 14.4 Å². The van der Waals surface area contributed by atoms with Crippen molar-refractivity contribution in [1.29, 1.82) is 0 Å². The molecule has 1 saturated carbocycles. The molecule has 10 nitrogen and oxygen atoms in total. The number of halogens is 1. The van der Waals surface area contributed by atoms with E-state index in [-0.39, 0.29) is 16.9 Å². The summed E-state index contributed by atoms with van der Waals surface area (Å²) in [6.45, 7) is 3.64. The van der Waals surface area contributed by atoms with Gasteiger partial charge in [0.25, 0.3) is 11.8 Å². The molecule has 0 unspecified atom stereocenters. The highest BCUT2D eigenvalue weighted by atomic mass is 127. The van der Waals surface area contributed by atoms with Crippen LogP contribution in [0, 0.1) is 0 Å². The van der Waals surface area contributed by atoms with E-state index in [1.807, 2.05) is 68.4 Å². The minimum absolute atomic E-state index is 0.0353. The molecule has 1 fully saturated rings. The largest absolute Gasteiger partial charge is 0.433 e. The van der Waals surface area contributed by atoms with Crippen molar-refractivity contribution in [1.82, 2.24) is 19.9 Å². The van der Waals surface area contributed by atoms with Crippen molar-refractivity contribution in [3.05, 3.63) is 77.5 Å². The smallest absolute Gasteiger partial charge is 0.409 e. The Hall–Kier alpha value is -4.00. The highest BCUT2D eigenvalue weighted by Crippen LogP contribution is 2.42. The summed E-state index contributed by atoms with van der Waals surface area (Å²) in [4.78, 5) is 41.6. The maximum atomic E-state index is 12.6. The molecule has 3 amide bonds. The summed E-state index contributed by atoms with van der Waals surface area (Å²) in [5.74, 6) is -1.54. The number of ether oxygens (including phenoxy) is 1. The number of nitrogens with one attached hydrogen (secondary N) is 1. The van der Waals surface area contributed by atoms with Gasteiger partial charge in [0.15, 0.2) is 9.25 Å². The van der Waals surface area contributed by atoms with Crippen LogP contribution in [0.1, 0.15) is 59.5 Å². The molecule has 1 aliphatic rings.